The second-order valence-electron chi connectivity index (χ2n) is 8.32. The van der Waals surface area contributed by atoms with Crippen LogP contribution in [0.25, 0.3) is 0 Å². The molecule has 2 aliphatic heterocycles. The SMILES string of the molecule is CN=C(NCC(c1ccc(OC)cc1)N1CCCCC1)NC1CCN(CC(F)(F)F)C1. The maximum atomic E-state index is 12.6. The summed E-state index contributed by atoms with van der Waals surface area (Å²) in [6, 6.07) is 8.31. The van der Waals surface area contributed by atoms with E-state index >= 15 is 0 Å². The zero-order chi connectivity index (χ0) is 22.3. The summed E-state index contributed by atoms with van der Waals surface area (Å²) in [5.41, 5.74) is 1.21. The maximum absolute atomic E-state index is 12.6. The molecule has 6 nitrogen and oxygen atoms in total. The van der Waals surface area contributed by atoms with Crippen LogP contribution in [-0.4, -0.2) is 81.4 Å². The predicted molar refractivity (Wildman–Crippen MR) is 117 cm³/mol. The number of rotatable bonds is 7. The molecule has 2 unspecified atom stereocenters. The van der Waals surface area contributed by atoms with Crippen molar-refractivity contribution in [1.82, 2.24) is 20.4 Å². The summed E-state index contributed by atoms with van der Waals surface area (Å²) in [7, 11) is 3.36. The number of nitrogens with zero attached hydrogens (tertiary/aromatic N) is 3. The van der Waals surface area contributed by atoms with Gasteiger partial charge in [-0.2, -0.15) is 13.2 Å². The number of methoxy groups -OCH3 is 1. The number of nitrogens with one attached hydrogen (secondary N) is 2. The van der Waals surface area contributed by atoms with E-state index in [-0.39, 0.29) is 12.1 Å². The normalized spacial score (nSPS) is 22.4. The van der Waals surface area contributed by atoms with Gasteiger partial charge in [-0.25, -0.2) is 0 Å². The minimum atomic E-state index is -4.16. The molecule has 0 radical (unpaired) electrons. The number of likely N-dealkylation sites (tertiary alicyclic amines) is 2. The fraction of sp³-hybridized carbons (Fsp3) is 0.682. The molecule has 2 N–H and O–H groups in total. The zero-order valence-electron chi connectivity index (χ0n) is 18.4. The Hall–Kier alpha value is -2.00. The first-order valence-corrected chi connectivity index (χ1v) is 11.0. The number of benzene rings is 1. The summed E-state index contributed by atoms with van der Waals surface area (Å²) >= 11 is 0. The highest BCUT2D eigenvalue weighted by atomic mass is 19.4. The van der Waals surface area contributed by atoms with E-state index in [2.05, 4.69) is 32.7 Å². The first-order chi connectivity index (χ1) is 14.9. The quantitative estimate of drug-likeness (QED) is 0.503. The fourth-order valence-electron chi connectivity index (χ4n) is 4.44. The number of guanidine groups is 1. The number of hydrogen-bond acceptors (Lipinski definition) is 4. The van der Waals surface area contributed by atoms with Gasteiger partial charge >= 0.3 is 6.18 Å². The van der Waals surface area contributed by atoms with Crippen LogP contribution in [0.1, 0.15) is 37.3 Å². The number of ether oxygens (including phenoxy) is 1. The van der Waals surface area contributed by atoms with Gasteiger partial charge in [0.1, 0.15) is 5.75 Å². The lowest BCUT2D eigenvalue weighted by atomic mass is 10.0. The van der Waals surface area contributed by atoms with Gasteiger partial charge in [-0.15, -0.1) is 0 Å². The molecular formula is C22H34F3N5O. The van der Waals surface area contributed by atoms with Crippen LogP contribution in [0.5, 0.6) is 5.75 Å². The molecule has 9 heteroatoms. The lowest BCUT2D eigenvalue weighted by molar-refractivity contribution is -0.143. The number of aliphatic imine (C=N–C) groups is 1. The predicted octanol–water partition coefficient (Wildman–Crippen LogP) is 3.02. The third kappa shape index (κ3) is 7.28. The average molecular weight is 442 g/mol. The first kappa shape index (κ1) is 23.7. The van der Waals surface area contributed by atoms with Gasteiger partial charge in [0.15, 0.2) is 5.96 Å². The number of halogens is 3. The lowest BCUT2D eigenvalue weighted by Gasteiger charge is -2.35. The van der Waals surface area contributed by atoms with Crippen molar-refractivity contribution in [3.8, 4) is 5.75 Å². The Balaban J connectivity index is 1.58. The molecule has 3 rings (SSSR count). The van der Waals surface area contributed by atoms with Crippen LogP contribution in [0.15, 0.2) is 29.3 Å². The number of alkyl halides is 3. The van der Waals surface area contributed by atoms with E-state index in [1.807, 2.05) is 12.1 Å². The Kier molecular flexibility index (Phi) is 8.43. The standard InChI is InChI=1S/C22H34F3N5O/c1-26-21(28-18-10-13-29(15-18)16-22(23,24)25)27-14-20(30-11-4-3-5-12-30)17-6-8-19(31-2)9-7-17/h6-9,18,20H,3-5,10-16H2,1-2H3,(H2,26,27,28). The smallest absolute Gasteiger partial charge is 0.401 e. The molecule has 2 atom stereocenters. The van der Waals surface area contributed by atoms with Crippen LogP contribution in [0.4, 0.5) is 13.2 Å². The molecule has 2 saturated heterocycles. The number of piperidine rings is 1. The van der Waals surface area contributed by atoms with Gasteiger partial charge < -0.3 is 15.4 Å². The molecule has 2 aliphatic rings. The fourth-order valence-corrected chi connectivity index (χ4v) is 4.44. The summed E-state index contributed by atoms with van der Waals surface area (Å²) in [5.74, 6) is 1.46. The van der Waals surface area contributed by atoms with E-state index in [9.17, 15) is 13.2 Å². The molecule has 2 fully saturated rings. The minimum absolute atomic E-state index is 0.0389. The average Bonchev–Trinajstić information content (AvgIpc) is 3.19. The molecule has 31 heavy (non-hydrogen) atoms. The Labute approximate surface area is 182 Å². The highest BCUT2D eigenvalue weighted by molar-refractivity contribution is 5.80. The van der Waals surface area contributed by atoms with Crippen LogP contribution in [0, 0.1) is 0 Å². The Bertz CT molecular complexity index is 704. The summed E-state index contributed by atoms with van der Waals surface area (Å²) in [6.07, 6.45) is 0.158. The zero-order valence-corrected chi connectivity index (χ0v) is 18.4. The summed E-state index contributed by atoms with van der Waals surface area (Å²) < 4.78 is 43.2. The van der Waals surface area contributed by atoms with Crippen LogP contribution in [0.2, 0.25) is 0 Å². The second-order valence-corrected chi connectivity index (χ2v) is 8.32. The van der Waals surface area contributed by atoms with Crippen molar-refractivity contribution in [3.05, 3.63) is 29.8 Å². The van der Waals surface area contributed by atoms with Gasteiger partial charge in [-0.3, -0.25) is 14.8 Å². The summed E-state index contributed by atoms with van der Waals surface area (Å²) in [4.78, 5) is 8.24. The van der Waals surface area contributed by atoms with Gasteiger partial charge in [0, 0.05) is 32.7 Å². The van der Waals surface area contributed by atoms with Crippen LogP contribution < -0.4 is 15.4 Å². The van der Waals surface area contributed by atoms with E-state index in [1.165, 1.54) is 29.7 Å². The van der Waals surface area contributed by atoms with Gasteiger partial charge in [-0.05, 0) is 50.0 Å². The molecule has 174 valence electrons. The van der Waals surface area contributed by atoms with Crippen LogP contribution in [0.3, 0.4) is 0 Å². The van der Waals surface area contributed by atoms with E-state index < -0.39 is 12.7 Å². The largest absolute Gasteiger partial charge is 0.497 e. The van der Waals surface area contributed by atoms with Gasteiger partial charge in [-0.1, -0.05) is 18.6 Å². The second kappa shape index (κ2) is 11.0. The van der Waals surface area contributed by atoms with Crippen molar-refractivity contribution in [1.29, 1.82) is 0 Å². The monoisotopic (exact) mass is 441 g/mol. The van der Waals surface area contributed by atoms with Crippen molar-refractivity contribution in [2.75, 3.05) is 53.4 Å². The molecule has 1 aromatic rings. The van der Waals surface area contributed by atoms with Crippen LogP contribution >= 0.6 is 0 Å². The Morgan fingerprint density at radius 3 is 2.48 bits per heavy atom. The summed E-state index contributed by atoms with van der Waals surface area (Å²) in [5, 5.41) is 6.71. The molecule has 0 amide bonds. The first-order valence-electron chi connectivity index (χ1n) is 11.0. The molecule has 0 saturated carbocycles. The van der Waals surface area contributed by atoms with Crippen molar-refractivity contribution in [2.45, 2.75) is 43.9 Å². The Morgan fingerprint density at radius 1 is 1.16 bits per heavy atom. The molecule has 2 heterocycles. The van der Waals surface area contributed by atoms with E-state index in [1.54, 1.807) is 14.2 Å². The molecular weight excluding hydrogens is 407 g/mol. The molecule has 1 aromatic carbocycles. The van der Waals surface area contributed by atoms with E-state index in [4.69, 9.17) is 4.74 Å². The third-order valence-electron chi connectivity index (χ3n) is 6.03. The van der Waals surface area contributed by atoms with E-state index in [0.29, 0.717) is 32.0 Å². The highest BCUT2D eigenvalue weighted by Gasteiger charge is 2.34. The van der Waals surface area contributed by atoms with Crippen molar-refractivity contribution in [3.63, 3.8) is 0 Å². The van der Waals surface area contributed by atoms with Crippen molar-refractivity contribution >= 4 is 5.96 Å². The third-order valence-corrected chi connectivity index (χ3v) is 6.03. The number of hydrogen-bond donors (Lipinski definition) is 2. The maximum Gasteiger partial charge on any atom is 0.401 e. The minimum Gasteiger partial charge on any atom is -0.497 e. The topological polar surface area (TPSA) is 52.1 Å². The Morgan fingerprint density at radius 2 is 1.87 bits per heavy atom. The lowest BCUT2D eigenvalue weighted by Crippen LogP contribution is -2.48. The molecule has 0 aliphatic carbocycles. The van der Waals surface area contributed by atoms with E-state index in [0.717, 1.165) is 18.8 Å². The molecule has 0 spiro atoms. The van der Waals surface area contributed by atoms with Crippen molar-refractivity contribution in [2.24, 2.45) is 4.99 Å². The van der Waals surface area contributed by atoms with Crippen molar-refractivity contribution < 1.29 is 17.9 Å². The summed E-state index contributed by atoms with van der Waals surface area (Å²) in [6.45, 7) is 2.74. The molecule has 0 aromatic heterocycles. The highest BCUT2D eigenvalue weighted by Crippen LogP contribution is 2.26. The van der Waals surface area contributed by atoms with Gasteiger partial charge in [0.25, 0.3) is 0 Å². The van der Waals surface area contributed by atoms with Gasteiger partial charge in [0.05, 0.1) is 19.7 Å². The van der Waals surface area contributed by atoms with Crippen LogP contribution in [-0.2, 0) is 0 Å². The van der Waals surface area contributed by atoms with Gasteiger partial charge in [0.2, 0.25) is 0 Å². The molecule has 0 bridgehead atoms.